The van der Waals surface area contributed by atoms with Gasteiger partial charge in [-0.25, -0.2) is 0 Å². The molecule has 0 amide bonds. The second-order valence-corrected chi connectivity index (χ2v) is 7.41. The van der Waals surface area contributed by atoms with Crippen molar-refractivity contribution in [2.24, 2.45) is 0 Å². The Bertz CT molecular complexity index is 465. The van der Waals surface area contributed by atoms with Crippen LogP contribution in [0.1, 0.15) is 23.7 Å². The first-order valence-electron chi connectivity index (χ1n) is 7.26. The van der Waals surface area contributed by atoms with Crippen LogP contribution < -0.4 is 4.74 Å². The number of thioether (sulfide) groups is 2. The summed E-state index contributed by atoms with van der Waals surface area (Å²) in [5.41, 5.74) is 0.701. The lowest BCUT2D eigenvalue weighted by Crippen LogP contribution is -2.33. The topological polar surface area (TPSA) is 35.5 Å². The van der Waals surface area contributed by atoms with Gasteiger partial charge in [-0.15, -0.1) is 11.8 Å². The average Bonchev–Trinajstić information content (AvgIpc) is 2.55. The second kappa shape index (κ2) is 8.71. The average molecular weight is 326 g/mol. The third kappa shape index (κ3) is 4.41. The number of ether oxygens (including phenoxy) is 2. The first kappa shape index (κ1) is 16.7. The van der Waals surface area contributed by atoms with Gasteiger partial charge >= 0.3 is 0 Å². The molecule has 1 heterocycles. The molecule has 0 saturated carbocycles. The maximum absolute atomic E-state index is 12.9. The van der Waals surface area contributed by atoms with E-state index < -0.39 is 0 Å². The molecule has 0 bridgehead atoms. The lowest BCUT2D eigenvalue weighted by atomic mass is 10.0. The van der Waals surface area contributed by atoms with Crippen molar-refractivity contribution in [3.63, 3.8) is 0 Å². The van der Waals surface area contributed by atoms with Crippen molar-refractivity contribution < 1.29 is 14.3 Å². The summed E-state index contributed by atoms with van der Waals surface area (Å²) in [5, 5.41) is 0.448. The fraction of sp³-hybridized carbons (Fsp3) is 0.562. The van der Waals surface area contributed by atoms with Crippen LogP contribution in [0.15, 0.2) is 24.3 Å². The van der Waals surface area contributed by atoms with Gasteiger partial charge in [0, 0.05) is 23.9 Å². The molecule has 5 heteroatoms. The molecular formula is C16H22O3S2. The number of methoxy groups -OCH3 is 1. The maximum atomic E-state index is 12.9. The van der Waals surface area contributed by atoms with Crippen molar-refractivity contribution in [1.82, 2.24) is 0 Å². The Labute approximate surface area is 135 Å². The van der Waals surface area contributed by atoms with Gasteiger partial charge in [0.2, 0.25) is 0 Å². The number of carbonyl (C=O) groups is 1. The van der Waals surface area contributed by atoms with Gasteiger partial charge in [0.1, 0.15) is 12.4 Å². The second-order valence-electron chi connectivity index (χ2n) is 4.81. The zero-order chi connectivity index (χ0) is 15.1. The quantitative estimate of drug-likeness (QED) is 0.566. The molecule has 0 aliphatic carbocycles. The van der Waals surface area contributed by atoms with Crippen LogP contribution in [0.25, 0.3) is 0 Å². The Kier molecular flexibility index (Phi) is 6.93. The van der Waals surface area contributed by atoms with Gasteiger partial charge in [-0.05, 0) is 18.6 Å². The predicted octanol–water partition coefficient (Wildman–Crippen LogP) is 3.52. The van der Waals surface area contributed by atoms with Gasteiger partial charge in [0.05, 0.1) is 17.4 Å². The molecule has 2 unspecified atom stereocenters. The molecule has 0 radical (unpaired) electrons. The highest BCUT2D eigenvalue weighted by Gasteiger charge is 2.32. The summed E-state index contributed by atoms with van der Waals surface area (Å²) in [6, 6.07) is 7.54. The van der Waals surface area contributed by atoms with Crippen LogP contribution in [-0.2, 0) is 4.74 Å². The smallest absolute Gasteiger partial charge is 0.180 e. The summed E-state index contributed by atoms with van der Waals surface area (Å²) >= 11 is 3.70. The Morgan fingerprint density at radius 1 is 1.24 bits per heavy atom. The van der Waals surface area contributed by atoms with Crippen LogP contribution in [0, 0.1) is 0 Å². The van der Waals surface area contributed by atoms with E-state index in [1.54, 1.807) is 18.9 Å². The molecule has 21 heavy (non-hydrogen) atoms. The molecule has 2 rings (SSSR count). The summed E-state index contributed by atoms with van der Waals surface area (Å²) in [6.07, 6.45) is 1.03. The van der Waals surface area contributed by atoms with Crippen molar-refractivity contribution >= 4 is 29.3 Å². The van der Waals surface area contributed by atoms with E-state index in [0.29, 0.717) is 29.8 Å². The third-order valence-electron chi connectivity index (χ3n) is 3.41. The monoisotopic (exact) mass is 326 g/mol. The molecule has 0 aromatic heterocycles. The Morgan fingerprint density at radius 2 is 2.00 bits per heavy atom. The van der Waals surface area contributed by atoms with Crippen LogP contribution in [0.3, 0.4) is 0 Å². The van der Waals surface area contributed by atoms with Crippen molar-refractivity contribution in [3.05, 3.63) is 29.8 Å². The number of para-hydroxylation sites is 1. The highest BCUT2D eigenvalue weighted by atomic mass is 32.2. The minimum absolute atomic E-state index is 0.0425. The van der Waals surface area contributed by atoms with Crippen LogP contribution in [0.2, 0.25) is 0 Å². The van der Waals surface area contributed by atoms with Crippen molar-refractivity contribution in [1.29, 1.82) is 0 Å². The summed E-state index contributed by atoms with van der Waals surface area (Å²) in [7, 11) is 1.64. The van der Waals surface area contributed by atoms with Gasteiger partial charge in [0.25, 0.3) is 0 Å². The van der Waals surface area contributed by atoms with Gasteiger partial charge in [0.15, 0.2) is 5.78 Å². The van der Waals surface area contributed by atoms with Gasteiger partial charge < -0.3 is 9.47 Å². The van der Waals surface area contributed by atoms with Crippen molar-refractivity contribution in [2.45, 2.75) is 23.8 Å². The minimum Gasteiger partial charge on any atom is -0.490 e. The number of hydrogen-bond donors (Lipinski definition) is 0. The van der Waals surface area contributed by atoms with Crippen LogP contribution >= 0.6 is 23.5 Å². The predicted molar refractivity (Wildman–Crippen MR) is 90.9 cm³/mol. The molecule has 3 nitrogen and oxygen atoms in total. The molecule has 116 valence electrons. The number of hydrogen-bond acceptors (Lipinski definition) is 5. The Balaban J connectivity index is 2.14. The molecule has 2 atom stereocenters. The van der Waals surface area contributed by atoms with E-state index in [4.69, 9.17) is 9.47 Å². The van der Waals surface area contributed by atoms with Gasteiger partial charge in [-0.1, -0.05) is 19.1 Å². The van der Waals surface area contributed by atoms with E-state index in [1.165, 1.54) is 0 Å². The van der Waals surface area contributed by atoms with E-state index in [-0.39, 0.29) is 11.0 Å². The standard InChI is InChI=1S/C16H22O3S2/c1-3-14-16(21-11-10-20-14)15(17)12-6-4-5-7-13(12)19-9-8-18-2/h4-7,14,16H,3,8-11H2,1-2H3. The summed E-state index contributed by atoms with van der Waals surface area (Å²) < 4.78 is 10.7. The van der Waals surface area contributed by atoms with Crippen molar-refractivity contribution in [2.75, 3.05) is 31.8 Å². The normalized spacial score (nSPS) is 22.0. The lowest BCUT2D eigenvalue weighted by Gasteiger charge is -2.29. The third-order valence-corrected chi connectivity index (χ3v) is 6.65. The Hall–Kier alpha value is -0.650. The minimum atomic E-state index is 0.0425. The summed E-state index contributed by atoms with van der Waals surface area (Å²) in [4.78, 5) is 12.9. The number of ketones is 1. The van der Waals surface area contributed by atoms with Gasteiger partial charge in [-0.2, -0.15) is 11.8 Å². The maximum Gasteiger partial charge on any atom is 0.180 e. The van der Waals surface area contributed by atoms with E-state index in [9.17, 15) is 4.79 Å². The van der Waals surface area contributed by atoms with Gasteiger partial charge in [-0.3, -0.25) is 4.79 Å². The zero-order valence-corrected chi connectivity index (χ0v) is 14.2. The molecule has 0 spiro atoms. The lowest BCUT2D eigenvalue weighted by molar-refractivity contribution is 0.0980. The first-order valence-corrected chi connectivity index (χ1v) is 9.35. The van der Waals surface area contributed by atoms with Crippen LogP contribution in [-0.4, -0.2) is 48.1 Å². The van der Waals surface area contributed by atoms with E-state index >= 15 is 0 Å². The summed E-state index contributed by atoms with van der Waals surface area (Å²) in [6.45, 7) is 3.14. The summed E-state index contributed by atoms with van der Waals surface area (Å²) in [5.74, 6) is 3.06. The fourth-order valence-electron chi connectivity index (χ4n) is 2.33. The molecule has 1 fully saturated rings. The molecule has 1 aromatic carbocycles. The van der Waals surface area contributed by atoms with Crippen LogP contribution in [0.4, 0.5) is 0 Å². The fourth-order valence-corrected chi connectivity index (χ4v) is 5.35. The zero-order valence-electron chi connectivity index (χ0n) is 12.5. The molecule has 1 saturated heterocycles. The largest absolute Gasteiger partial charge is 0.490 e. The van der Waals surface area contributed by atoms with E-state index in [1.807, 2.05) is 36.0 Å². The van der Waals surface area contributed by atoms with E-state index in [2.05, 4.69) is 6.92 Å². The van der Waals surface area contributed by atoms with Crippen molar-refractivity contribution in [3.8, 4) is 5.75 Å². The molecule has 1 aliphatic heterocycles. The molecule has 1 aromatic rings. The van der Waals surface area contributed by atoms with E-state index in [0.717, 1.165) is 17.9 Å². The number of carbonyl (C=O) groups excluding carboxylic acids is 1. The highest BCUT2D eigenvalue weighted by molar-refractivity contribution is 8.07. The SMILES string of the molecule is CCC1SCCSC1C(=O)c1ccccc1OCCOC. The Morgan fingerprint density at radius 3 is 2.76 bits per heavy atom. The molecule has 0 N–H and O–H groups in total. The highest BCUT2D eigenvalue weighted by Crippen LogP contribution is 2.36. The number of Topliss-reactive ketones (excluding diaryl/α,β-unsaturated/α-hetero) is 1. The number of benzene rings is 1. The molecular weight excluding hydrogens is 304 g/mol. The van der Waals surface area contributed by atoms with Crippen LogP contribution in [0.5, 0.6) is 5.75 Å². The molecule has 1 aliphatic rings. The first-order chi connectivity index (χ1) is 10.3. The number of rotatable bonds is 7.